The smallest absolute Gasteiger partial charge is 0.118 e. The minimum atomic E-state index is -1.50. The molecule has 0 aromatic heterocycles. The third kappa shape index (κ3) is 3.58. The predicted molar refractivity (Wildman–Crippen MR) is 85.6 cm³/mol. The Hall–Kier alpha value is -1.80. The van der Waals surface area contributed by atoms with E-state index >= 15 is 0 Å². The molecule has 0 atom stereocenters. The number of hydrogen-bond acceptors (Lipinski definition) is 1. The predicted octanol–water partition coefficient (Wildman–Crippen LogP) is 3.86. The normalized spacial score (nSPS) is 11.7. The van der Waals surface area contributed by atoms with Crippen LogP contribution in [0.2, 0.25) is 13.1 Å². The zero-order chi connectivity index (χ0) is 13.7. The standard InChI is InChI=1S/C17H20OSi/c1-18-16-11-9-15(10-12-16)13-14-19(2,3)17-7-5-4-6-8-17/h4-14H,1-3H3/b14-13+. The molecule has 0 amide bonds. The summed E-state index contributed by atoms with van der Waals surface area (Å²) in [4.78, 5) is 0. The summed E-state index contributed by atoms with van der Waals surface area (Å²) in [5.41, 5.74) is 3.60. The fourth-order valence-corrected chi connectivity index (χ4v) is 3.84. The highest BCUT2D eigenvalue weighted by molar-refractivity contribution is 6.94. The Labute approximate surface area is 116 Å². The lowest BCUT2D eigenvalue weighted by Gasteiger charge is -2.18. The van der Waals surface area contributed by atoms with Crippen molar-refractivity contribution < 1.29 is 4.74 Å². The van der Waals surface area contributed by atoms with Gasteiger partial charge in [0, 0.05) is 0 Å². The van der Waals surface area contributed by atoms with Crippen LogP contribution in [-0.4, -0.2) is 15.2 Å². The van der Waals surface area contributed by atoms with Gasteiger partial charge in [0.25, 0.3) is 0 Å². The molecule has 2 heteroatoms. The molecule has 0 fully saturated rings. The Balaban J connectivity index is 2.16. The number of methoxy groups -OCH3 is 1. The Bertz CT molecular complexity index is 541. The molecule has 19 heavy (non-hydrogen) atoms. The monoisotopic (exact) mass is 268 g/mol. The van der Waals surface area contributed by atoms with Gasteiger partial charge in [0.05, 0.1) is 7.11 Å². The van der Waals surface area contributed by atoms with E-state index in [-0.39, 0.29) is 0 Å². The zero-order valence-corrected chi connectivity index (χ0v) is 12.8. The molecule has 0 radical (unpaired) electrons. The van der Waals surface area contributed by atoms with Crippen molar-refractivity contribution in [3.63, 3.8) is 0 Å². The van der Waals surface area contributed by atoms with Crippen molar-refractivity contribution in [3.8, 4) is 5.75 Å². The van der Waals surface area contributed by atoms with Crippen LogP contribution in [-0.2, 0) is 0 Å². The molecule has 2 aromatic rings. The maximum Gasteiger partial charge on any atom is 0.118 e. The molecule has 0 aliphatic carbocycles. The van der Waals surface area contributed by atoms with E-state index in [9.17, 15) is 0 Å². The molecule has 0 saturated heterocycles. The van der Waals surface area contributed by atoms with E-state index in [0.717, 1.165) is 5.75 Å². The molecular formula is C17H20OSi. The largest absolute Gasteiger partial charge is 0.497 e. The third-order valence-electron chi connectivity index (χ3n) is 3.33. The maximum absolute atomic E-state index is 5.17. The van der Waals surface area contributed by atoms with Gasteiger partial charge in [-0.2, -0.15) is 0 Å². The lowest BCUT2D eigenvalue weighted by Crippen LogP contribution is -2.39. The average Bonchev–Trinajstić information content (AvgIpc) is 2.47. The van der Waals surface area contributed by atoms with Gasteiger partial charge in [0.15, 0.2) is 0 Å². The summed E-state index contributed by atoms with van der Waals surface area (Å²) < 4.78 is 5.17. The van der Waals surface area contributed by atoms with Crippen molar-refractivity contribution in [1.82, 2.24) is 0 Å². The van der Waals surface area contributed by atoms with E-state index in [1.807, 2.05) is 12.1 Å². The van der Waals surface area contributed by atoms with Crippen molar-refractivity contribution >= 4 is 19.3 Å². The van der Waals surface area contributed by atoms with Crippen molar-refractivity contribution in [3.05, 3.63) is 65.9 Å². The van der Waals surface area contributed by atoms with Crippen LogP contribution in [0.3, 0.4) is 0 Å². The Morgan fingerprint density at radius 3 is 2.11 bits per heavy atom. The maximum atomic E-state index is 5.17. The second kappa shape index (κ2) is 5.89. The van der Waals surface area contributed by atoms with Gasteiger partial charge in [0.1, 0.15) is 13.8 Å². The summed E-state index contributed by atoms with van der Waals surface area (Å²) >= 11 is 0. The Morgan fingerprint density at radius 2 is 1.53 bits per heavy atom. The minimum absolute atomic E-state index is 0.900. The Morgan fingerprint density at radius 1 is 0.895 bits per heavy atom. The number of rotatable bonds is 4. The van der Waals surface area contributed by atoms with Gasteiger partial charge in [-0.15, -0.1) is 0 Å². The summed E-state index contributed by atoms with van der Waals surface area (Å²) in [5.74, 6) is 0.900. The Kier molecular flexibility index (Phi) is 4.22. The molecule has 0 aliphatic heterocycles. The summed E-state index contributed by atoms with van der Waals surface area (Å²) in [7, 11) is 0.195. The van der Waals surface area contributed by atoms with Crippen molar-refractivity contribution in [1.29, 1.82) is 0 Å². The van der Waals surface area contributed by atoms with Gasteiger partial charge in [-0.3, -0.25) is 0 Å². The fourth-order valence-electron chi connectivity index (χ4n) is 1.98. The zero-order valence-electron chi connectivity index (χ0n) is 11.8. The lowest BCUT2D eigenvalue weighted by molar-refractivity contribution is 0.415. The van der Waals surface area contributed by atoms with Crippen LogP contribution in [0.1, 0.15) is 5.56 Å². The van der Waals surface area contributed by atoms with E-state index in [1.54, 1.807) is 7.11 Å². The van der Waals surface area contributed by atoms with Gasteiger partial charge in [-0.25, -0.2) is 0 Å². The molecule has 0 heterocycles. The van der Waals surface area contributed by atoms with Crippen molar-refractivity contribution in [2.45, 2.75) is 13.1 Å². The molecule has 0 bridgehead atoms. The van der Waals surface area contributed by atoms with Crippen molar-refractivity contribution in [2.75, 3.05) is 7.11 Å². The molecule has 0 saturated carbocycles. The molecule has 98 valence electrons. The van der Waals surface area contributed by atoms with E-state index in [2.05, 4.69) is 67.3 Å². The first-order chi connectivity index (χ1) is 9.12. The summed E-state index contributed by atoms with van der Waals surface area (Å²) in [6, 6.07) is 18.9. The molecule has 0 aliphatic rings. The molecular weight excluding hydrogens is 248 g/mol. The number of hydrogen-bond donors (Lipinski definition) is 0. The van der Waals surface area contributed by atoms with Crippen LogP contribution in [0.5, 0.6) is 5.75 Å². The average molecular weight is 268 g/mol. The number of ether oxygens (including phenoxy) is 1. The number of benzene rings is 2. The van der Waals surface area contributed by atoms with Crippen molar-refractivity contribution in [2.24, 2.45) is 0 Å². The van der Waals surface area contributed by atoms with Crippen LogP contribution in [0, 0.1) is 0 Å². The SMILES string of the molecule is COc1ccc(/C=C/[Si](C)(C)c2ccccc2)cc1. The molecule has 2 aromatic carbocycles. The third-order valence-corrected chi connectivity index (χ3v) is 6.15. The summed E-state index contributed by atoms with van der Waals surface area (Å²) in [6.07, 6.45) is 2.22. The summed E-state index contributed by atoms with van der Waals surface area (Å²) in [6.45, 7) is 4.73. The van der Waals surface area contributed by atoms with Gasteiger partial charge < -0.3 is 4.74 Å². The summed E-state index contributed by atoms with van der Waals surface area (Å²) in [5, 5.41) is 1.46. The van der Waals surface area contributed by atoms with E-state index in [4.69, 9.17) is 4.74 Å². The molecule has 0 spiro atoms. The van der Waals surface area contributed by atoms with Gasteiger partial charge in [-0.1, -0.05) is 72.5 Å². The minimum Gasteiger partial charge on any atom is -0.497 e. The molecule has 0 unspecified atom stereocenters. The van der Waals surface area contributed by atoms with E-state index < -0.39 is 8.07 Å². The quantitative estimate of drug-likeness (QED) is 0.765. The topological polar surface area (TPSA) is 9.23 Å². The van der Waals surface area contributed by atoms with Gasteiger partial charge >= 0.3 is 0 Å². The lowest BCUT2D eigenvalue weighted by atomic mass is 10.2. The first kappa shape index (κ1) is 13.6. The molecule has 0 N–H and O–H groups in total. The van der Waals surface area contributed by atoms with Crippen LogP contribution in [0.25, 0.3) is 6.08 Å². The molecule has 2 rings (SSSR count). The molecule has 1 nitrogen and oxygen atoms in total. The van der Waals surface area contributed by atoms with Crippen LogP contribution >= 0.6 is 0 Å². The second-order valence-electron chi connectivity index (χ2n) is 5.19. The highest BCUT2D eigenvalue weighted by atomic mass is 28.3. The van der Waals surface area contributed by atoms with E-state index in [1.165, 1.54) is 10.8 Å². The van der Waals surface area contributed by atoms with Crippen LogP contribution in [0.15, 0.2) is 60.3 Å². The fraction of sp³-hybridized carbons (Fsp3) is 0.176. The van der Waals surface area contributed by atoms with Gasteiger partial charge in [0.2, 0.25) is 0 Å². The second-order valence-corrected chi connectivity index (χ2v) is 9.55. The highest BCUT2D eigenvalue weighted by Gasteiger charge is 2.18. The highest BCUT2D eigenvalue weighted by Crippen LogP contribution is 2.14. The van der Waals surface area contributed by atoms with Crippen LogP contribution < -0.4 is 9.92 Å². The first-order valence-electron chi connectivity index (χ1n) is 6.51. The van der Waals surface area contributed by atoms with Gasteiger partial charge in [-0.05, 0) is 17.7 Å². The van der Waals surface area contributed by atoms with E-state index in [0.29, 0.717) is 0 Å². The first-order valence-corrected chi connectivity index (χ1v) is 9.58. The van der Waals surface area contributed by atoms with Crippen LogP contribution in [0.4, 0.5) is 0 Å².